The van der Waals surface area contributed by atoms with E-state index < -0.39 is 0 Å². The minimum absolute atomic E-state index is 0.333. The molecular weight excluding hydrogens is 312 g/mol. The number of fused-ring (bicyclic) bond motifs is 1. The highest BCUT2D eigenvalue weighted by Crippen LogP contribution is 2.40. The molecule has 25 heavy (non-hydrogen) atoms. The van der Waals surface area contributed by atoms with Crippen molar-refractivity contribution >= 4 is 17.2 Å². The van der Waals surface area contributed by atoms with Crippen molar-refractivity contribution in [2.45, 2.75) is 69.7 Å². The van der Waals surface area contributed by atoms with Gasteiger partial charge in [-0.25, -0.2) is 9.50 Å². The number of aromatic nitrogens is 3. The van der Waals surface area contributed by atoms with Gasteiger partial charge in [0.25, 0.3) is 0 Å². The molecule has 136 valence electrons. The topological polar surface area (TPSA) is 94.3 Å². The van der Waals surface area contributed by atoms with Gasteiger partial charge < -0.3 is 16.8 Å². The van der Waals surface area contributed by atoms with Crippen LogP contribution in [-0.4, -0.2) is 27.2 Å². The molecule has 2 heterocycles. The third kappa shape index (κ3) is 3.45. The van der Waals surface area contributed by atoms with Gasteiger partial charge >= 0.3 is 0 Å². The van der Waals surface area contributed by atoms with E-state index in [2.05, 4.69) is 15.4 Å². The van der Waals surface area contributed by atoms with Crippen LogP contribution in [0.25, 0.3) is 5.65 Å². The Morgan fingerprint density at radius 1 is 1.08 bits per heavy atom. The molecule has 0 unspecified atom stereocenters. The SMILES string of the molecule is Nc1nn2ccnc2c(NCC2CCCCC2)c1C1CCC(N)CC1. The van der Waals surface area contributed by atoms with E-state index in [0.717, 1.165) is 49.5 Å². The number of nitrogen functional groups attached to an aromatic ring is 1. The molecule has 2 aliphatic rings. The molecule has 2 aromatic heterocycles. The smallest absolute Gasteiger partial charge is 0.177 e. The van der Waals surface area contributed by atoms with Crippen LogP contribution in [0.3, 0.4) is 0 Å². The average molecular weight is 342 g/mol. The van der Waals surface area contributed by atoms with E-state index in [1.807, 2.05) is 6.20 Å². The van der Waals surface area contributed by atoms with Gasteiger partial charge in [0.05, 0.1) is 5.69 Å². The molecule has 2 saturated carbocycles. The summed E-state index contributed by atoms with van der Waals surface area (Å²) in [5.41, 5.74) is 15.7. The quantitative estimate of drug-likeness (QED) is 0.792. The number of hydrogen-bond donors (Lipinski definition) is 3. The van der Waals surface area contributed by atoms with E-state index in [9.17, 15) is 0 Å². The van der Waals surface area contributed by atoms with Crippen molar-refractivity contribution in [3.63, 3.8) is 0 Å². The van der Waals surface area contributed by atoms with Gasteiger partial charge in [-0.15, -0.1) is 5.10 Å². The van der Waals surface area contributed by atoms with E-state index >= 15 is 0 Å². The number of hydrogen-bond acceptors (Lipinski definition) is 5. The fraction of sp³-hybridized carbons (Fsp3) is 0.684. The third-order valence-electron chi connectivity index (χ3n) is 6.08. The summed E-state index contributed by atoms with van der Waals surface area (Å²) in [6, 6.07) is 0.333. The molecule has 0 aliphatic heterocycles. The van der Waals surface area contributed by atoms with E-state index in [-0.39, 0.29) is 0 Å². The molecule has 4 rings (SSSR count). The van der Waals surface area contributed by atoms with Crippen molar-refractivity contribution < 1.29 is 0 Å². The Morgan fingerprint density at radius 2 is 1.84 bits per heavy atom. The van der Waals surface area contributed by atoms with Gasteiger partial charge in [0.2, 0.25) is 0 Å². The first-order valence-corrected chi connectivity index (χ1v) is 9.84. The van der Waals surface area contributed by atoms with Crippen molar-refractivity contribution in [3.05, 3.63) is 18.0 Å². The lowest BCUT2D eigenvalue weighted by Crippen LogP contribution is -2.27. The first kappa shape index (κ1) is 16.6. The minimum Gasteiger partial charge on any atom is -0.382 e. The molecule has 6 heteroatoms. The maximum absolute atomic E-state index is 6.39. The first-order valence-electron chi connectivity index (χ1n) is 9.84. The van der Waals surface area contributed by atoms with Crippen LogP contribution in [0, 0.1) is 5.92 Å². The number of nitrogens with zero attached hydrogens (tertiary/aromatic N) is 3. The third-order valence-corrected chi connectivity index (χ3v) is 6.08. The summed E-state index contributed by atoms with van der Waals surface area (Å²) in [6.07, 6.45) is 14.7. The normalized spacial score (nSPS) is 25.3. The monoisotopic (exact) mass is 342 g/mol. The second-order valence-corrected chi connectivity index (χ2v) is 7.87. The molecular formula is C19H30N6. The van der Waals surface area contributed by atoms with Crippen LogP contribution in [0.4, 0.5) is 11.5 Å². The predicted octanol–water partition coefficient (Wildman–Crippen LogP) is 3.29. The Hall–Kier alpha value is -1.82. The van der Waals surface area contributed by atoms with E-state index in [0.29, 0.717) is 17.8 Å². The van der Waals surface area contributed by atoms with E-state index in [1.54, 1.807) is 10.7 Å². The summed E-state index contributed by atoms with van der Waals surface area (Å²) >= 11 is 0. The number of nitrogens with one attached hydrogen (secondary N) is 1. The van der Waals surface area contributed by atoms with Crippen molar-refractivity contribution in [1.29, 1.82) is 0 Å². The second-order valence-electron chi connectivity index (χ2n) is 7.87. The lowest BCUT2D eigenvalue weighted by Gasteiger charge is -2.29. The van der Waals surface area contributed by atoms with Gasteiger partial charge in [-0.3, -0.25) is 0 Å². The molecule has 0 saturated heterocycles. The zero-order chi connectivity index (χ0) is 17.2. The fourth-order valence-electron chi connectivity index (χ4n) is 4.61. The Balaban J connectivity index is 1.64. The van der Waals surface area contributed by atoms with Crippen LogP contribution in [0.1, 0.15) is 69.3 Å². The zero-order valence-corrected chi connectivity index (χ0v) is 15.0. The highest BCUT2D eigenvalue weighted by Gasteiger charge is 2.27. The molecule has 0 aromatic carbocycles. The highest BCUT2D eigenvalue weighted by atomic mass is 15.3. The van der Waals surface area contributed by atoms with Crippen molar-refractivity contribution in [3.8, 4) is 0 Å². The number of imidazole rings is 1. The minimum atomic E-state index is 0.333. The zero-order valence-electron chi connectivity index (χ0n) is 15.0. The molecule has 0 bridgehead atoms. The molecule has 0 radical (unpaired) electrons. The number of anilines is 2. The Bertz CT molecular complexity index is 710. The molecule has 2 aliphatic carbocycles. The Labute approximate surface area is 149 Å². The molecule has 0 amide bonds. The standard InChI is InChI=1S/C19H30N6/c20-15-8-6-14(7-9-15)16-17(23-12-13-4-2-1-3-5-13)19-22-10-11-25(19)24-18(16)21/h10-11,13-15,23H,1-9,12,20H2,(H2,21,24). The molecule has 2 aromatic rings. The fourth-order valence-corrected chi connectivity index (χ4v) is 4.61. The van der Waals surface area contributed by atoms with Gasteiger partial charge in [0.15, 0.2) is 5.65 Å². The summed E-state index contributed by atoms with van der Waals surface area (Å²) in [5.74, 6) is 1.82. The van der Waals surface area contributed by atoms with Crippen LogP contribution in [0.15, 0.2) is 12.4 Å². The molecule has 0 atom stereocenters. The maximum Gasteiger partial charge on any atom is 0.177 e. The Morgan fingerprint density at radius 3 is 2.60 bits per heavy atom. The van der Waals surface area contributed by atoms with Crippen molar-refractivity contribution in [1.82, 2.24) is 14.6 Å². The first-order chi connectivity index (χ1) is 12.2. The largest absolute Gasteiger partial charge is 0.382 e. The van der Waals surface area contributed by atoms with Gasteiger partial charge in [0.1, 0.15) is 5.82 Å². The average Bonchev–Trinajstić information content (AvgIpc) is 3.09. The van der Waals surface area contributed by atoms with Crippen LogP contribution < -0.4 is 16.8 Å². The van der Waals surface area contributed by atoms with Crippen molar-refractivity contribution in [2.24, 2.45) is 11.7 Å². The summed E-state index contributed by atoms with van der Waals surface area (Å²) < 4.78 is 1.80. The molecule has 2 fully saturated rings. The predicted molar refractivity (Wildman–Crippen MR) is 102 cm³/mol. The van der Waals surface area contributed by atoms with Gasteiger partial charge in [-0.05, 0) is 50.4 Å². The van der Waals surface area contributed by atoms with Crippen LogP contribution >= 0.6 is 0 Å². The summed E-state index contributed by atoms with van der Waals surface area (Å²) in [7, 11) is 0. The molecule has 6 nitrogen and oxygen atoms in total. The van der Waals surface area contributed by atoms with E-state index in [1.165, 1.54) is 37.7 Å². The van der Waals surface area contributed by atoms with Gasteiger partial charge in [0, 0.05) is 30.5 Å². The van der Waals surface area contributed by atoms with E-state index in [4.69, 9.17) is 11.5 Å². The van der Waals surface area contributed by atoms with Crippen LogP contribution in [0.5, 0.6) is 0 Å². The number of nitrogens with two attached hydrogens (primary N) is 2. The van der Waals surface area contributed by atoms with Crippen molar-refractivity contribution in [2.75, 3.05) is 17.6 Å². The Kier molecular flexibility index (Phi) is 4.79. The molecule has 5 N–H and O–H groups in total. The van der Waals surface area contributed by atoms with Crippen LogP contribution in [0.2, 0.25) is 0 Å². The highest BCUT2D eigenvalue weighted by molar-refractivity contribution is 5.76. The molecule has 0 spiro atoms. The summed E-state index contributed by atoms with van der Waals surface area (Å²) in [5, 5.41) is 8.27. The van der Waals surface area contributed by atoms with Crippen LogP contribution in [-0.2, 0) is 0 Å². The van der Waals surface area contributed by atoms with Gasteiger partial charge in [-0.2, -0.15) is 0 Å². The number of rotatable bonds is 4. The van der Waals surface area contributed by atoms with Gasteiger partial charge in [-0.1, -0.05) is 19.3 Å². The maximum atomic E-state index is 6.39. The summed E-state index contributed by atoms with van der Waals surface area (Å²) in [6.45, 7) is 1.01. The summed E-state index contributed by atoms with van der Waals surface area (Å²) in [4.78, 5) is 4.55. The second kappa shape index (κ2) is 7.20. The lowest BCUT2D eigenvalue weighted by atomic mass is 9.81. The lowest BCUT2D eigenvalue weighted by molar-refractivity contribution is 0.372.